The fourth-order valence-electron chi connectivity index (χ4n) is 11.0. The lowest BCUT2D eigenvalue weighted by Crippen LogP contribution is -2.44. The minimum absolute atomic E-state index is 0. The number of methoxy groups -OCH3 is 2. The molecule has 1 unspecified atom stereocenters. The zero-order valence-electron chi connectivity index (χ0n) is 61.5. The molecule has 2 fully saturated rings. The van der Waals surface area contributed by atoms with Crippen molar-refractivity contribution in [2.75, 3.05) is 27.3 Å². The van der Waals surface area contributed by atoms with Crippen LogP contribution < -0.4 is 21.6 Å². The summed E-state index contributed by atoms with van der Waals surface area (Å²) in [5.74, 6) is 0.341. The van der Waals surface area contributed by atoms with Crippen molar-refractivity contribution in [2.45, 2.75) is 125 Å². The lowest BCUT2D eigenvalue weighted by molar-refractivity contribution is -0.146. The zero-order chi connectivity index (χ0) is 77.9. The number of hydrogen-bond acceptors (Lipinski definition) is 18. The third-order valence-electron chi connectivity index (χ3n) is 16.1. The van der Waals surface area contributed by atoms with Crippen molar-refractivity contribution in [3.05, 3.63) is 253 Å². The number of aromatic carboxylic acids is 1. The first-order chi connectivity index (χ1) is 50.8. The lowest BCUT2D eigenvalue weighted by Gasteiger charge is -2.27. The normalized spacial score (nSPS) is 14.9. The number of β-amino-alcohol motifs (C(OH)–C–C–N with tert-alkyl or cyclic N) is 1. The summed E-state index contributed by atoms with van der Waals surface area (Å²) in [7, 11) is 2.55. The molecular formula is C83H91BrN10O14. The highest BCUT2D eigenvalue weighted by Crippen LogP contribution is 2.32. The number of benzene rings is 8. The minimum Gasteiger partial charge on any atom is -0.478 e. The molecule has 108 heavy (non-hydrogen) atoms. The Morgan fingerprint density at radius 3 is 1.32 bits per heavy atom. The number of nitrogens with zero attached hydrogens (tertiary/aromatic N) is 6. The SMILES string of the molecule is C.COC(=O)[C@@H]1CC(Oc2nc(-c3ccccc3)nc3ccc(C)cc23)CN1C(=O)OC(C)(C)C.COC(=O)[C@@H]1C[C@@H](O)CN1C(=O)OC(C)(C)C.Cc1ccc(Br)c(C(=O)O)c1.Cc1ccc2nc(-c3ccccc3)[nH]c(=O)c2c1.Cc1ccc2nc(-c3ccccc3)[nH]c(=O)c2c1.N=C(N)c1ccccc1. The first-order valence-corrected chi connectivity index (χ1v) is 34.9. The van der Waals surface area contributed by atoms with E-state index in [0.717, 1.165) is 66.4 Å². The Morgan fingerprint density at radius 1 is 0.528 bits per heavy atom. The molecule has 0 aliphatic carbocycles. The molecule has 2 saturated heterocycles. The van der Waals surface area contributed by atoms with Crippen LogP contribution in [0.15, 0.2) is 208 Å². The Kier molecular flexibility index (Phi) is 29.2. The van der Waals surface area contributed by atoms with Gasteiger partial charge in [-0.15, -0.1) is 0 Å². The van der Waals surface area contributed by atoms with E-state index in [0.29, 0.717) is 44.2 Å². The van der Waals surface area contributed by atoms with Gasteiger partial charge in [-0.3, -0.25) is 24.8 Å². The van der Waals surface area contributed by atoms with Crippen molar-refractivity contribution in [3.8, 4) is 40.0 Å². The number of aliphatic hydroxyl groups excluding tert-OH is 1. The number of aromatic amines is 2. The molecule has 24 nitrogen and oxygen atoms in total. The van der Waals surface area contributed by atoms with E-state index >= 15 is 0 Å². The van der Waals surface area contributed by atoms with Gasteiger partial charge in [0.05, 0.1) is 71.7 Å². The standard InChI is InChI=1S/C26H29N3O5.2C15H12N2O.C11H19NO5.C8H7BrO2.C7H8N2.CH4/c1-16-11-12-20-19(13-16)23(28-22(27-20)17-9-7-6-8-10-17)33-18-14-21(24(30)32-5)29(15-18)25(31)34-26(2,3)4;2*1-10-7-8-13-12(9-10)15(18)17-14(16-13)11-5-3-2-4-6-11;1-11(2,3)17-10(15)12-6-7(13)5-8(12)9(14)16-4;1-5-2-3-7(9)6(4-5)8(10)11;8-7(9)6-4-2-1-3-5-6;/h6-13,18,21H,14-15H2,1-5H3;2*2-9H,1H3,(H,16,17,18);7-8,13H,5-6H2,1-4H3;2-4H,1H3,(H,10,11);1-5H,(H3,8,9);1H4/t18?,21-;;;7-,8+;;;/m0..1.../s1. The highest BCUT2D eigenvalue weighted by Gasteiger charge is 2.44. The lowest BCUT2D eigenvalue weighted by atomic mass is 10.1. The third-order valence-corrected chi connectivity index (χ3v) is 16.8. The number of carbonyl (C=O) groups excluding carboxylic acids is 4. The van der Waals surface area contributed by atoms with Crippen molar-refractivity contribution in [1.82, 2.24) is 39.7 Å². The number of ether oxygens (including phenoxy) is 5. The molecule has 4 atom stereocenters. The summed E-state index contributed by atoms with van der Waals surface area (Å²) in [5.41, 5.74) is 13.8. The molecule has 3 aromatic heterocycles. The summed E-state index contributed by atoms with van der Waals surface area (Å²) < 4.78 is 27.2. The molecule has 13 rings (SSSR count). The Labute approximate surface area is 634 Å². The number of carboxylic acid groups (broad SMARTS) is 1. The number of fused-ring (bicyclic) bond motifs is 3. The second kappa shape index (κ2) is 37.8. The Balaban J connectivity index is 0.000000190. The number of nitrogens with two attached hydrogens (primary N) is 1. The van der Waals surface area contributed by atoms with Crippen LogP contribution in [0, 0.1) is 33.1 Å². The van der Waals surface area contributed by atoms with Crippen LogP contribution in [-0.2, 0) is 28.5 Å². The van der Waals surface area contributed by atoms with E-state index in [1.165, 1.54) is 24.0 Å². The highest BCUT2D eigenvalue weighted by molar-refractivity contribution is 9.10. The largest absolute Gasteiger partial charge is 0.478 e. The first-order valence-electron chi connectivity index (χ1n) is 34.1. The monoisotopic (exact) mass is 1530 g/mol. The van der Waals surface area contributed by atoms with Crippen molar-refractivity contribution >= 4 is 84.6 Å². The molecule has 0 spiro atoms. The molecule has 5 heterocycles. The third kappa shape index (κ3) is 23.5. The predicted octanol–water partition coefficient (Wildman–Crippen LogP) is 14.9. The summed E-state index contributed by atoms with van der Waals surface area (Å²) >= 11 is 3.15. The van der Waals surface area contributed by atoms with Crippen LogP contribution in [0.25, 0.3) is 66.9 Å². The van der Waals surface area contributed by atoms with E-state index in [-0.39, 0.29) is 50.3 Å². The Bertz CT molecular complexity index is 4940. The van der Waals surface area contributed by atoms with Crippen LogP contribution in [0.3, 0.4) is 0 Å². The number of likely N-dealkylation sites (tertiary alicyclic amines) is 2. The number of halogens is 1. The molecule has 2 aliphatic heterocycles. The fourth-order valence-corrected chi connectivity index (χ4v) is 11.4. The predicted molar refractivity (Wildman–Crippen MR) is 422 cm³/mol. The molecule has 25 heteroatoms. The van der Waals surface area contributed by atoms with Gasteiger partial charge in [0.15, 0.2) is 5.82 Å². The van der Waals surface area contributed by atoms with Gasteiger partial charge in [0.1, 0.15) is 46.9 Å². The molecule has 564 valence electrons. The van der Waals surface area contributed by atoms with Gasteiger partial charge in [-0.05, 0) is 134 Å². The molecule has 2 amide bonds. The van der Waals surface area contributed by atoms with Gasteiger partial charge in [-0.1, -0.05) is 175 Å². The topological polar surface area (TPSA) is 346 Å². The number of carbonyl (C=O) groups is 5. The maximum absolute atomic E-state index is 12.8. The van der Waals surface area contributed by atoms with Crippen LogP contribution in [0.1, 0.15) is 100.0 Å². The second-order valence-electron chi connectivity index (χ2n) is 27.1. The van der Waals surface area contributed by atoms with Gasteiger partial charge in [0.25, 0.3) is 11.1 Å². The molecule has 7 N–H and O–H groups in total. The highest BCUT2D eigenvalue weighted by atomic mass is 79.9. The van der Waals surface area contributed by atoms with Crippen LogP contribution in [0.5, 0.6) is 5.88 Å². The summed E-state index contributed by atoms with van der Waals surface area (Å²) in [6.07, 6.45) is -1.92. The van der Waals surface area contributed by atoms with E-state index < -0.39 is 65.6 Å². The number of aromatic nitrogens is 6. The number of rotatable bonds is 9. The summed E-state index contributed by atoms with van der Waals surface area (Å²) in [4.78, 5) is 110. The van der Waals surface area contributed by atoms with E-state index in [9.17, 15) is 38.7 Å². The number of nitrogen functional groups attached to an aromatic ring is 1. The van der Waals surface area contributed by atoms with Crippen LogP contribution >= 0.6 is 15.9 Å². The van der Waals surface area contributed by atoms with Gasteiger partial charge < -0.3 is 49.6 Å². The summed E-state index contributed by atoms with van der Waals surface area (Å²) in [5, 5.41) is 27.2. The summed E-state index contributed by atoms with van der Waals surface area (Å²) in [6, 6.07) is 59.1. The van der Waals surface area contributed by atoms with Gasteiger partial charge >= 0.3 is 30.1 Å². The van der Waals surface area contributed by atoms with Crippen molar-refractivity contribution < 1.29 is 57.9 Å². The molecular weight excluding hydrogens is 1440 g/mol. The zero-order valence-corrected chi connectivity index (χ0v) is 63.1. The maximum Gasteiger partial charge on any atom is 0.411 e. The number of H-pyrrole nitrogens is 2. The van der Waals surface area contributed by atoms with E-state index in [1.807, 2.05) is 210 Å². The number of amidine groups is 1. The van der Waals surface area contributed by atoms with E-state index in [2.05, 4.69) is 40.6 Å². The number of hydrogen-bond donors (Lipinski definition) is 6. The van der Waals surface area contributed by atoms with Crippen LogP contribution in [0.2, 0.25) is 0 Å². The van der Waals surface area contributed by atoms with Crippen LogP contribution in [-0.4, -0.2) is 149 Å². The molecule has 0 saturated carbocycles. The average Bonchev–Trinajstić information content (AvgIpc) is 1.20. The molecule has 0 radical (unpaired) electrons. The fraction of sp³-hybridized carbons (Fsp3) is 0.277. The maximum atomic E-state index is 12.8. The van der Waals surface area contributed by atoms with Gasteiger partial charge in [-0.2, -0.15) is 4.98 Å². The number of nitrogens with one attached hydrogen (secondary N) is 3. The second-order valence-corrected chi connectivity index (χ2v) is 28.0. The van der Waals surface area contributed by atoms with Crippen molar-refractivity contribution in [2.24, 2.45) is 5.73 Å². The van der Waals surface area contributed by atoms with Gasteiger partial charge in [0.2, 0.25) is 5.88 Å². The van der Waals surface area contributed by atoms with Crippen molar-refractivity contribution in [3.63, 3.8) is 0 Å². The molecule has 11 aromatic rings. The van der Waals surface area contributed by atoms with Crippen LogP contribution in [0.4, 0.5) is 9.59 Å². The summed E-state index contributed by atoms with van der Waals surface area (Å²) in [6.45, 7) is 18.6. The van der Waals surface area contributed by atoms with Crippen molar-refractivity contribution in [1.29, 1.82) is 5.41 Å². The first kappa shape index (κ1) is 83.3. The number of carboxylic acids is 1. The Morgan fingerprint density at radius 2 is 0.917 bits per heavy atom. The molecule has 8 aromatic carbocycles. The number of amides is 2. The minimum atomic E-state index is -0.902. The molecule has 0 bridgehead atoms. The Hall–Kier alpha value is -12.0. The number of aryl methyl sites for hydroxylation is 4. The number of aliphatic hydroxyl groups is 1. The van der Waals surface area contributed by atoms with E-state index in [4.69, 9.17) is 45.2 Å². The number of esters is 2. The van der Waals surface area contributed by atoms with Gasteiger partial charge in [-0.25, -0.2) is 38.9 Å². The van der Waals surface area contributed by atoms with Gasteiger partial charge in [0, 0.05) is 39.6 Å². The quantitative estimate of drug-likeness (QED) is 0.0338. The smallest absolute Gasteiger partial charge is 0.411 e. The van der Waals surface area contributed by atoms with E-state index in [1.54, 1.807) is 53.7 Å². The molecule has 2 aliphatic rings. The average molecular weight is 1530 g/mol.